The Kier molecular flexibility index (Phi) is 8.71. The van der Waals surface area contributed by atoms with Crippen molar-refractivity contribution in [3.63, 3.8) is 0 Å². The Balaban J connectivity index is 1.86. The second kappa shape index (κ2) is 12.0. The average molecular weight is 584 g/mol. The van der Waals surface area contributed by atoms with E-state index in [0.29, 0.717) is 12.0 Å². The van der Waals surface area contributed by atoms with Crippen molar-refractivity contribution in [1.29, 1.82) is 10.5 Å². The zero-order valence-corrected chi connectivity index (χ0v) is 22.8. The lowest BCUT2D eigenvalue weighted by atomic mass is 9.89. The maximum atomic E-state index is 15.0. The third kappa shape index (κ3) is 5.84. The van der Waals surface area contributed by atoms with Crippen molar-refractivity contribution in [2.45, 2.75) is 11.8 Å². The monoisotopic (exact) mass is 583 g/mol. The molecule has 0 aliphatic rings. The van der Waals surface area contributed by atoms with Gasteiger partial charge in [-0.1, -0.05) is 41.4 Å². The number of hydrogen-bond acceptors (Lipinski definition) is 6. The highest BCUT2D eigenvalue weighted by molar-refractivity contribution is 7.89. The highest BCUT2D eigenvalue weighted by atomic mass is 35.5. The summed E-state index contributed by atoms with van der Waals surface area (Å²) in [4.78, 5) is 0.00544. The molecule has 0 amide bonds. The van der Waals surface area contributed by atoms with Crippen LogP contribution in [-0.4, -0.2) is 28.2 Å². The third-order valence-corrected chi connectivity index (χ3v) is 8.00. The molecule has 11 heteroatoms. The van der Waals surface area contributed by atoms with Crippen LogP contribution in [0.15, 0.2) is 65.6 Å². The van der Waals surface area contributed by atoms with Gasteiger partial charge in [0.05, 0.1) is 27.7 Å². The minimum absolute atomic E-state index is 0.00544. The van der Waals surface area contributed by atoms with Gasteiger partial charge in [-0.3, -0.25) is 0 Å². The SMILES string of the molecule is CCOCCNS(=O)(=O)c1ccc(Oc2c(Cl)c(Cl)cc3cc(C#N)c(C#N)c(-c4ccccc4F)c23)cc1. The smallest absolute Gasteiger partial charge is 0.240 e. The Bertz CT molecular complexity index is 1750. The molecule has 198 valence electrons. The highest BCUT2D eigenvalue weighted by Crippen LogP contribution is 2.47. The van der Waals surface area contributed by atoms with Crippen LogP contribution in [0.3, 0.4) is 0 Å². The van der Waals surface area contributed by atoms with Crippen LogP contribution in [0.5, 0.6) is 11.5 Å². The van der Waals surface area contributed by atoms with Gasteiger partial charge in [-0.2, -0.15) is 10.5 Å². The van der Waals surface area contributed by atoms with Crippen LogP contribution in [0, 0.1) is 28.5 Å². The fourth-order valence-electron chi connectivity index (χ4n) is 3.99. The average Bonchev–Trinajstić information content (AvgIpc) is 2.93. The van der Waals surface area contributed by atoms with Crippen molar-refractivity contribution in [1.82, 2.24) is 4.72 Å². The molecular weight excluding hydrogens is 564 g/mol. The van der Waals surface area contributed by atoms with Crippen LogP contribution in [-0.2, 0) is 14.8 Å². The van der Waals surface area contributed by atoms with Crippen LogP contribution in [0.4, 0.5) is 4.39 Å². The Morgan fingerprint density at radius 2 is 1.74 bits per heavy atom. The summed E-state index contributed by atoms with van der Waals surface area (Å²) in [6.07, 6.45) is 0. The first-order chi connectivity index (χ1) is 18.7. The number of hydrogen-bond donors (Lipinski definition) is 1. The van der Waals surface area contributed by atoms with Crippen LogP contribution in [0.1, 0.15) is 18.1 Å². The number of nitriles is 2. The van der Waals surface area contributed by atoms with Gasteiger partial charge in [0.2, 0.25) is 10.0 Å². The van der Waals surface area contributed by atoms with E-state index in [2.05, 4.69) is 4.72 Å². The van der Waals surface area contributed by atoms with Gasteiger partial charge in [-0.05, 0) is 54.8 Å². The predicted octanol–water partition coefficient (Wildman–Crippen LogP) is 6.80. The molecular formula is C28H20Cl2FN3O4S. The number of rotatable bonds is 9. The Morgan fingerprint density at radius 3 is 2.38 bits per heavy atom. The number of halogens is 3. The van der Waals surface area contributed by atoms with Gasteiger partial charge in [-0.15, -0.1) is 0 Å². The zero-order valence-electron chi connectivity index (χ0n) is 20.5. The second-order valence-electron chi connectivity index (χ2n) is 8.15. The van der Waals surface area contributed by atoms with Crippen LogP contribution >= 0.6 is 23.2 Å². The number of nitrogens with one attached hydrogen (secondary N) is 1. The standard InChI is InChI=1S/C28H20Cl2FN3O4S/c1-2-37-12-11-34-39(35,36)20-9-7-19(8-10-20)38-28-25-17(14-23(29)27(28)30)13-18(15-32)22(16-33)26(25)21-5-3-4-6-24(21)31/h3-10,13-14,34H,2,11-12H2,1H3. The van der Waals surface area contributed by atoms with Crippen LogP contribution in [0.2, 0.25) is 10.0 Å². The summed E-state index contributed by atoms with van der Waals surface area (Å²) in [7, 11) is -3.79. The Hall–Kier alpha value is -3.70. The van der Waals surface area contributed by atoms with E-state index in [-0.39, 0.29) is 67.2 Å². The molecule has 0 bridgehead atoms. The lowest BCUT2D eigenvalue weighted by Gasteiger charge is -2.18. The van der Waals surface area contributed by atoms with Gasteiger partial charge in [0, 0.05) is 29.7 Å². The number of nitrogens with zero attached hydrogens (tertiary/aromatic N) is 2. The first-order valence-electron chi connectivity index (χ1n) is 11.6. The summed E-state index contributed by atoms with van der Waals surface area (Å²) in [5, 5.41) is 20.4. The number of ether oxygens (including phenoxy) is 2. The first-order valence-corrected chi connectivity index (χ1v) is 13.8. The summed E-state index contributed by atoms with van der Waals surface area (Å²) in [6, 6.07) is 18.3. The predicted molar refractivity (Wildman–Crippen MR) is 147 cm³/mol. The van der Waals surface area contributed by atoms with Gasteiger partial charge in [-0.25, -0.2) is 17.5 Å². The molecule has 0 unspecified atom stereocenters. The molecule has 0 fully saturated rings. The molecule has 0 aliphatic heterocycles. The van der Waals surface area contributed by atoms with E-state index in [4.69, 9.17) is 32.7 Å². The Morgan fingerprint density at radius 1 is 1.03 bits per heavy atom. The van der Waals surface area contributed by atoms with Crippen LogP contribution in [0.25, 0.3) is 21.9 Å². The number of benzene rings is 4. The maximum Gasteiger partial charge on any atom is 0.240 e. The lowest BCUT2D eigenvalue weighted by Crippen LogP contribution is -2.27. The molecule has 0 heterocycles. The largest absolute Gasteiger partial charge is 0.455 e. The molecule has 7 nitrogen and oxygen atoms in total. The van der Waals surface area contributed by atoms with Gasteiger partial charge < -0.3 is 9.47 Å². The summed E-state index contributed by atoms with van der Waals surface area (Å²) in [5.74, 6) is -0.395. The molecule has 1 N–H and O–H groups in total. The van der Waals surface area contributed by atoms with Crippen LogP contribution < -0.4 is 9.46 Å². The van der Waals surface area contributed by atoms with E-state index < -0.39 is 15.8 Å². The molecule has 0 spiro atoms. The molecule has 0 radical (unpaired) electrons. The normalized spacial score (nSPS) is 11.2. The van der Waals surface area contributed by atoms with Crippen molar-refractivity contribution in [3.8, 4) is 34.8 Å². The van der Waals surface area contributed by atoms with Crippen molar-refractivity contribution in [2.24, 2.45) is 0 Å². The molecule has 0 saturated carbocycles. The first kappa shape index (κ1) is 28.3. The molecule has 4 aromatic rings. The van der Waals surface area contributed by atoms with E-state index in [1.54, 1.807) is 6.07 Å². The number of fused-ring (bicyclic) bond motifs is 1. The molecule has 0 aliphatic carbocycles. The fourth-order valence-corrected chi connectivity index (χ4v) is 5.40. The molecule has 0 atom stereocenters. The maximum absolute atomic E-state index is 15.0. The Labute approximate surface area is 235 Å². The molecule has 4 aromatic carbocycles. The number of sulfonamides is 1. The van der Waals surface area contributed by atoms with Gasteiger partial charge in [0.25, 0.3) is 0 Å². The van der Waals surface area contributed by atoms with Gasteiger partial charge in [0.15, 0.2) is 5.75 Å². The van der Waals surface area contributed by atoms with Gasteiger partial charge in [0.1, 0.15) is 28.7 Å². The van der Waals surface area contributed by atoms with E-state index >= 15 is 4.39 Å². The highest BCUT2D eigenvalue weighted by Gasteiger charge is 2.24. The lowest BCUT2D eigenvalue weighted by molar-refractivity contribution is 0.153. The van der Waals surface area contributed by atoms with E-state index in [9.17, 15) is 18.9 Å². The summed E-state index contributed by atoms with van der Waals surface area (Å²) in [6.45, 7) is 2.63. The van der Waals surface area contributed by atoms with Crippen molar-refractivity contribution < 1.29 is 22.3 Å². The molecule has 4 rings (SSSR count). The fraction of sp³-hybridized carbons (Fsp3) is 0.143. The quantitative estimate of drug-likeness (QED) is 0.217. The molecule has 39 heavy (non-hydrogen) atoms. The summed E-state index contributed by atoms with van der Waals surface area (Å²) >= 11 is 12.9. The van der Waals surface area contributed by atoms with E-state index in [1.165, 1.54) is 54.6 Å². The molecule has 0 saturated heterocycles. The minimum Gasteiger partial charge on any atom is -0.455 e. The second-order valence-corrected chi connectivity index (χ2v) is 10.7. The van der Waals surface area contributed by atoms with Crippen molar-refractivity contribution in [2.75, 3.05) is 19.8 Å². The third-order valence-electron chi connectivity index (χ3n) is 5.75. The zero-order chi connectivity index (χ0) is 28.2. The minimum atomic E-state index is -3.79. The van der Waals surface area contributed by atoms with Crippen molar-refractivity contribution >= 4 is 44.0 Å². The van der Waals surface area contributed by atoms with E-state index in [0.717, 1.165) is 0 Å². The topological polar surface area (TPSA) is 112 Å². The van der Waals surface area contributed by atoms with Gasteiger partial charge >= 0.3 is 0 Å². The van der Waals surface area contributed by atoms with Crippen molar-refractivity contribution in [3.05, 3.63) is 87.7 Å². The summed E-state index contributed by atoms with van der Waals surface area (Å²) < 4.78 is 53.8. The summed E-state index contributed by atoms with van der Waals surface area (Å²) in [5.41, 5.74) is 0.159. The van der Waals surface area contributed by atoms with E-state index in [1.807, 2.05) is 19.1 Å². The molecule has 0 aromatic heterocycles.